The highest BCUT2D eigenvalue weighted by Gasteiger charge is 2.29. The third kappa shape index (κ3) is 3.04. The number of rotatable bonds is 3. The second kappa shape index (κ2) is 5.85. The summed E-state index contributed by atoms with van der Waals surface area (Å²) < 4.78 is 0. The summed E-state index contributed by atoms with van der Waals surface area (Å²) in [6, 6.07) is 11.2. The zero-order valence-electron chi connectivity index (χ0n) is 11.0. The smallest absolute Gasteiger partial charge is 0.0928 e. The number of hydrogen-bond acceptors (Lipinski definition) is 3. The number of aromatic nitrogens is 1. The quantitative estimate of drug-likeness (QED) is 0.927. The van der Waals surface area contributed by atoms with E-state index in [0.29, 0.717) is 17.9 Å². The fraction of sp³-hybridized carbons (Fsp3) is 0.438. The lowest BCUT2D eigenvalue weighted by Gasteiger charge is -2.34. The van der Waals surface area contributed by atoms with Crippen LogP contribution in [0.25, 0.3) is 0 Å². The number of nitrogens with zero attached hydrogens (tertiary/aromatic N) is 1. The van der Waals surface area contributed by atoms with E-state index in [2.05, 4.69) is 40.7 Å². The third-order valence-corrected chi connectivity index (χ3v) is 5.03. The van der Waals surface area contributed by atoms with E-state index < -0.39 is 0 Å². The van der Waals surface area contributed by atoms with Crippen LogP contribution in [0.5, 0.6) is 0 Å². The van der Waals surface area contributed by atoms with E-state index in [1.54, 1.807) is 11.3 Å². The zero-order valence-corrected chi connectivity index (χ0v) is 11.9. The number of thiazole rings is 1. The molecule has 19 heavy (non-hydrogen) atoms. The van der Waals surface area contributed by atoms with E-state index >= 15 is 0 Å². The van der Waals surface area contributed by atoms with Gasteiger partial charge < -0.3 is 5.73 Å². The first kappa shape index (κ1) is 12.8. The molecule has 3 unspecified atom stereocenters. The Bertz CT molecular complexity index is 495. The van der Waals surface area contributed by atoms with Gasteiger partial charge in [0, 0.05) is 24.0 Å². The van der Waals surface area contributed by atoms with Gasteiger partial charge in [-0.2, -0.15) is 0 Å². The second-order valence-corrected chi connectivity index (χ2v) is 6.45. The van der Waals surface area contributed by atoms with Crippen molar-refractivity contribution < 1.29 is 0 Å². The van der Waals surface area contributed by atoms with Crippen molar-refractivity contribution in [2.24, 2.45) is 11.7 Å². The molecule has 2 aromatic rings. The molecule has 0 bridgehead atoms. The normalized spacial score (nSPS) is 27.3. The van der Waals surface area contributed by atoms with Crippen molar-refractivity contribution in [3.05, 3.63) is 52.5 Å². The van der Waals surface area contributed by atoms with Crippen molar-refractivity contribution in [1.82, 2.24) is 4.98 Å². The topological polar surface area (TPSA) is 38.9 Å². The average molecular weight is 272 g/mol. The Morgan fingerprint density at radius 2 is 2.05 bits per heavy atom. The van der Waals surface area contributed by atoms with Crippen molar-refractivity contribution in [3.63, 3.8) is 0 Å². The van der Waals surface area contributed by atoms with E-state index in [1.807, 2.05) is 6.20 Å². The zero-order chi connectivity index (χ0) is 13.1. The van der Waals surface area contributed by atoms with Gasteiger partial charge in [0.15, 0.2) is 0 Å². The van der Waals surface area contributed by atoms with Gasteiger partial charge in [0.25, 0.3) is 0 Å². The molecule has 0 spiro atoms. The maximum atomic E-state index is 6.31. The molecule has 1 heterocycles. The summed E-state index contributed by atoms with van der Waals surface area (Å²) in [5.41, 5.74) is 7.78. The Hall–Kier alpha value is -1.19. The highest BCUT2D eigenvalue weighted by molar-refractivity contribution is 7.09. The molecule has 0 radical (unpaired) electrons. The van der Waals surface area contributed by atoms with Crippen LogP contribution >= 0.6 is 11.3 Å². The first-order chi connectivity index (χ1) is 9.33. The SMILES string of the molecule is NC1CCC(c2ccccc2)CC1Cc1nccs1. The molecule has 2 N–H and O–H groups in total. The predicted molar refractivity (Wildman–Crippen MR) is 80.3 cm³/mol. The van der Waals surface area contributed by atoms with Crippen LogP contribution in [-0.2, 0) is 6.42 Å². The molecule has 0 aliphatic heterocycles. The molecule has 3 atom stereocenters. The second-order valence-electron chi connectivity index (χ2n) is 5.47. The number of nitrogens with two attached hydrogens (primary N) is 1. The van der Waals surface area contributed by atoms with E-state index in [9.17, 15) is 0 Å². The minimum atomic E-state index is 0.337. The fourth-order valence-electron chi connectivity index (χ4n) is 3.13. The van der Waals surface area contributed by atoms with Gasteiger partial charge in [-0.1, -0.05) is 30.3 Å². The van der Waals surface area contributed by atoms with Crippen LogP contribution in [0.2, 0.25) is 0 Å². The molecule has 3 heteroatoms. The van der Waals surface area contributed by atoms with Crippen molar-refractivity contribution in [2.45, 2.75) is 37.6 Å². The van der Waals surface area contributed by atoms with Crippen molar-refractivity contribution >= 4 is 11.3 Å². The van der Waals surface area contributed by atoms with Crippen LogP contribution in [-0.4, -0.2) is 11.0 Å². The van der Waals surface area contributed by atoms with Crippen molar-refractivity contribution in [2.75, 3.05) is 0 Å². The lowest BCUT2D eigenvalue weighted by molar-refractivity contribution is 0.277. The summed E-state index contributed by atoms with van der Waals surface area (Å²) in [4.78, 5) is 4.41. The van der Waals surface area contributed by atoms with E-state index in [-0.39, 0.29) is 0 Å². The fourth-order valence-corrected chi connectivity index (χ4v) is 3.84. The lowest BCUT2D eigenvalue weighted by Crippen LogP contribution is -2.36. The van der Waals surface area contributed by atoms with Crippen LogP contribution in [0.15, 0.2) is 41.9 Å². The minimum Gasteiger partial charge on any atom is -0.327 e. The standard InChI is InChI=1S/C16H20N2S/c17-15-7-6-13(12-4-2-1-3-5-12)10-14(15)11-16-18-8-9-19-16/h1-5,8-9,13-15H,6-7,10-11,17H2. The predicted octanol–water partition coefficient (Wildman–Crippen LogP) is 3.60. The van der Waals surface area contributed by atoms with Crippen LogP contribution in [0.4, 0.5) is 0 Å². The molecule has 1 aliphatic carbocycles. The van der Waals surface area contributed by atoms with Gasteiger partial charge >= 0.3 is 0 Å². The van der Waals surface area contributed by atoms with Gasteiger partial charge in [-0.05, 0) is 36.7 Å². The van der Waals surface area contributed by atoms with Crippen molar-refractivity contribution in [1.29, 1.82) is 0 Å². The first-order valence-corrected chi connectivity index (χ1v) is 7.90. The van der Waals surface area contributed by atoms with Gasteiger partial charge in [0.1, 0.15) is 0 Å². The molecule has 1 saturated carbocycles. The molecule has 2 nitrogen and oxygen atoms in total. The molecule has 1 fully saturated rings. The summed E-state index contributed by atoms with van der Waals surface area (Å²) in [6.45, 7) is 0. The van der Waals surface area contributed by atoms with E-state index in [0.717, 1.165) is 12.8 Å². The minimum absolute atomic E-state index is 0.337. The van der Waals surface area contributed by atoms with Gasteiger partial charge in [-0.25, -0.2) is 4.98 Å². The largest absolute Gasteiger partial charge is 0.327 e. The van der Waals surface area contributed by atoms with Crippen LogP contribution < -0.4 is 5.73 Å². The summed E-state index contributed by atoms with van der Waals surface area (Å²) in [5.74, 6) is 1.25. The molecule has 1 aliphatic rings. The summed E-state index contributed by atoms with van der Waals surface area (Å²) in [5, 5.41) is 3.28. The Morgan fingerprint density at radius 3 is 2.79 bits per heavy atom. The molecular formula is C16H20N2S. The molecule has 1 aromatic carbocycles. The van der Waals surface area contributed by atoms with Crippen LogP contribution in [0, 0.1) is 5.92 Å². The molecule has 3 rings (SSSR count). The lowest BCUT2D eigenvalue weighted by atomic mass is 9.74. The highest BCUT2D eigenvalue weighted by atomic mass is 32.1. The van der Waals surface area contributed by atoms with Gasteiger partial charge in [0.05, 0.1) is 5.01 Å². The maximum absolute atomic E-state index is 6.31. The molecule has 0 saturated heterocycles. The summed E-state index contributed by atoms with van der Waals surface area (Å²) in [6.07, 6.45) is 6.49. The molecular weight excluding hydrogens is 252 g/mol. The monoisotopic (exact) mass is 272 g/mol. The first-order valence-electron chi connectivity index (χ1n) is 7.02. The Labute approximate surface area is 118 Å². The maximum Gasteiger partial charge on any atom is 0.0928 e. The molecule has 1 aromatic heterocycles. The average Bonchev–Trinajstić information content (AvgIpc) is 2.95. The van der Waals surface area contributed by atoms with Gasteiger partial charge in [0.2, 0.25) is 0 Å². The summed E-state index contributed by atoms with van der Waals surface area (Å²) in [7, 11) is 0. The Balaban J connectivity index is 1.70. The molecule has 0 amide bonds. The number of benzene rings is 1. The number of hydrogen-bond donors (Lipinski definition) is 1. The Kier molecular flexibility index (Phi) is 3.95. The van der Waals surface area contributed by atoms with E-state index in [4.69, 9.17) is 5.73 Å². The van der Waals surface area contributed by atoms with Crippen LogP contribution in [0.3, 0.4) is 0 Å². The van der Waals surface area contributed by atoms with Crippen LogP contribution in [0.1, 0.15) is 35.8 Å². The van der Waals surface area contributed by atoms with Gasteiger partial charge in [-0.3, -0.25) is 0 Å². The molecule has 100 valence electrons. The third-order valence-electron chi connectivity index (χ3n) is 4.23. The highest BCUT2D eigenvalue weighted by Crippen LogP contribution is 2.37. The van der Waals surface area contributed by atoms with E-state index in [1.165, 1.54) is 23.4 Å². The summed E-state index contributed by atoms with van der Waals surface area (Å²) >= 11 is 1.75. The van der Waals surface area contributed by atoms with Crippen molar-refractivity contribution in [3.8, 4) is 0 Å². The Morgan fingerprint density at radius 1 is 1.21 bits per heavy atom. The van der Waals surface area contributed by atoms with Gasteiger partial charge in [-0.15, -0.1) is 11.3 Å².